The van der Waals surface area contributed by atoms with Crippen LogP contribution in [0.1, 0.15) is 37.3 Å². The number of fused-ring (bicyclic) bond motifs is 1. The Morgan fingerprint density at radius 3 is 2.78 bits per heavy atom. The molecule has 1 saturated heterocycles. The number of benzene rings is 1. The summed E-state index contributed by atoms with van der Waals surface area (Å²) in [5.74, 6) is 0.705. The van der Waals surface area contributed by atoms with E-state index in [1.807, 2.05) is 11.8 Å². The van der Waals surface area contributed by atoms with Gasteiger partial charge < -0.3 is 10.2 Å². The molecule has 2 amide bonds. The number of piperidine rings is 1. The van der Waals surface area contributed by atoms with Gasteiger partial charge in [0.1, 0.15) is 0 Å². The number of carbonyl (C=O) groups excluding carboxylic acids is 2. The van der Waals surface area contributed by atoms with Crippen LogP contribution < -0.4 is 5.32 Å². The van der Waals surface area contributed by atoms with Gasteiger partial charge in [-0.25, -0.2) is 0 Å². The number of hydrogen-bond donors (Lipinski definition) is 1. The number of hydrogen-bond acceptors (Lipinski definition) is 2. The van der Waals surface area contributed by atoms with Gasteiger partial charge in [-0.2, -0.15) is 0 Å². The zero-order chi connectivity index (χ0) is 16.4. The molecule has 0 bridgehead atoms. The van der Waals surface area contributed by atoms with Crippen molar-refractivity contribution in [2.45, 2.75) is 38.5 Å². The summed E-state index contributed by atoms with van der Waals surface area (Å²) >= 11 is 0. The van der Waals surface area contributed by atoms with Crippen LogP contribution in [0.15, 0.2) is 24.3 Å². The maximum atomic E-state index is 12.7. The second-order valence-electron chi connectivity index (χ2n) is 7.09. The Hall–Kier alpha value is -1.84. The minimum atomic E-state index is -0.0918. The molecule has 0 radical (unpaired) electrons. The molecule has 3 unspecified atom stereocenters. The van der Waals surface area contributed by atoms with Gasteiger partial charge in [-0.3, -0.25) is 9.59 Å². The molecule has 3 rings (SSSR count). The summed E-state index contributed by atoms with van der Waals surface area (Å²) in [6.45, 7) is 6.27. The highest BCUT2D eigenvalue weighted by molar-refractivity contribution is 5.79. The minimum absolute atomic E-state index is 0.0918. The van der Waals surface area contributed by atoms with Crippen LogP contribution in [0, 0.1) is 18.8 Å². The van der Waals surface area contributed by atoms with E-state index in [0.29, 0.717) is 24.3 Å². The predicted molar refractivity (Wildman–Crippen MR) is 90.0 cm³/mol. The summed E-state index contributed by atoms with van der Waals surface area (Å²) in [6, 6.07) is 8.90. The fourth-order valence-corrected chi connectivity index (χ4v) is 4.06. The van der Waals surface area contributed by atoms with Gasteiger partial charge in [0, 0.05) is 25.0 Å². The van der Waals surface area contributed by atoms with Gasteiger partial charge >= 0.3 is 0 Å². The first-order valence-electron chi connectivity index (χ1n) is 8.63. The Morgan fingerprint density at radius 2 is 2.17 bits per heavy atom. The van der Waals surface area contributed by atoms with E-state index in [1.165, 1.54) is 17.5 Å². The highest BCUT2D eigenvalue weighted by atomic mass is 16.2. The predicted octanol–water partition coefficient (Wildman–Crippen LogP) is 2.26. The normalized spacial score (nSPS) is 27.0. The second-order valence-corrected chi connectivity index (χ2v) is 7.09. The molecule has 4 nitrogen and oxygen atoms in total. The van der Waals surface area contributed by atoms with Gasteiger partial charge in [-0.15, -0.1) is 0 Å². The lowest BCUT2D eigenvalue weighted by Gasteiger charge is -2.34. The molecule has 1 heterocycles. The molecule has 3 atom stereocenters. The van der Waals surface area contributed by atoms with Crippen molar-refractivity contribution in [1.82, 2.24) is 10.2 Å². The van der Waals surface area contributed by atoms with Crippen molar-refractivity contribution in [3.05, 3.63) is 35.4 Å². The molecule has 1 aromatic carbocycles. The lowest BCUT2D eigenvalue weighted by atomic mass is 9.86. The summed E-state index contributed by atoms with van der Waals surface area (Å²) < 4.78 is 0. The fraction of sp³-hybridized carbons (Fsp3) is 0.579. The molecule has 1 aliphatic carbocycles. The number of carbonyl (C=O) groups is 2. The smallest absolute Gasteiger partial charge is 0.227 e. The molecule has 0 aromatic heterocycles. The van der Waals surface area contributed by atoms with Crippen molar-refractivity contribution in [2.24, 2.45) is 11.8 Å². The zero-order valence-electron chi connectivity index (χ0n) is 14.0. The molecule has 2 aliphatic rings. The van der Waals surface area contributed by atoms with Crippen LogP contribution in [-0.4, -0.2) is 36.9 Å². The molecular formula is C19H26N2O2. The van der Waals surface area contributed by atoms with Gasteiger partial charge in [0.05, 0.1) is 5.92 Å². The van der Waals surface area contributed by atoms with E-state index in [2.05, 4.69) is 36.5 Å². The van der Waals surface area contributed by atoms with Gasteiger partial charge in [-0.05, 0) is 37.7 Å². The van der Waals surface area contributed by atoms with Gasteiger partial charge in [-0.1, -0.05) is 36.8 Å². The molecule has 124 valence electrons. The maximum absolute atomic E-state index is 12.7. The standard InChI is InChI=1S/C19H26N2O2/c1-3-15(11-20-13-22)18(23)21-9-8-19(10-17(19)12-21)16-6-4-14(2)5-7-16/h4-7,13,15,17H,3,8-12H2,1-2H3,(H,20,22). The molecule has 1 N–H and O–H groups in total. The number of amides is 2. The summed E-state index contributed by atoms with van der Waals surface area (Å²) in [6.07, 6.45) is 3.70. The lowest BCUT2D eigenvalue weighted by molar-refractivity contribution is -0.136. The Bertz CT molecular complexity index is 584. The number of nitrogens with zero attached hydrogens (tertiary/aromatic N) is 1. The van der Waals surface area contributed by atoms with Crippen LogP contribution in [-0.2, 0) is 15.0 Å². The monoisotopic (exact) mass is 314 g/mol. The van der Waals surface area contributed by atoms with Crippen molar-refractivity contribution >= 4 is 12.3 Å². The average Bonchev–Trinajstić information content (AvgIpc) is 3.30. The Labute approximate surface area is 138 Å². The summed E-state index contributed by atoms with van der Waals surface area (Å²) in [5.41, 5.74) is 3.05. The Kier molecular flexibility index (Phi) is 4.42. The van der Waals surface area contributed by atoms with Crippen LogP contribution >= 0.6 is 0 Å². The highest BCUT2D eigenvalue weighted by Gasteiger charge is 2.58. The van der Waals surface area contributed by atoms with E-state index in [0.717, 1.165) is 25.9 Å². The van der Waals surface area contributed by atoms with Crippen molar-refractivity contribution in [3.63, 3.8) is 0 Å². The summed E-state index contributed by atoms with van der Waals surface area (Å²) in [7, 11) is 0. The highest BCUT2D eigenvalue weighted by Crippen LogP contribution is 2.59. The van der Waals surface area contributed by atoms with E-state index in [4.69, 9.17) is 0 Å². The second kappa shape index (κ2) is 6.34. The van der Waals surface area contributed by atoms with E-state index in [-0.39, 0.29) is 11.8 Å². The van der Waals surface area contributed by atoms with Crippen molar-refractivity contribution in [1.29, 1.82) is 0 Å². The van der Waals surface area contributed by atoms with Crippen LogP contribution in [0.2, 0.25) is 0 Å². The van der Waals surface area contributed by atoms with E-state index < -0.39 is 0 Å². The molecule has 1 aromatic rings. The molecular weight excluding hydrogens is 288 g/mol. The SMILES string of the molecule is CCC(CNC=O)C(=O)N1CCC2(c3ccc(C)cc3)CC2C1. The molecule has 23 heavy (non-hydrogen) atoms. The number of rotatable bonds is 6. The van der Waals surface area contributed by atoms with Crippen molar-refractivity contribution in [2.75, 3.05) is 19.6 Å². The first-order chi connectivity index (χ1) is 11.1. The Morgan fingerprint density at radius 1 is 1.43 bits per heavy atom. The summed E-state index contributed by atoms with van der Waals surface area (Å²) in [4.78, 5) is 25.1. The van der Waals surface area contributed by atoms with Crippen molar-refractivity contribution < 1.29 is 9.59 Å². The van der Waals surface area contributed by atoms with Crippen LogP contribution in [0.4, 0.5) is 0 Å². The quantitative estimate of drug-likeness (QED) is 0.819. The molecule has 4 heteroatoms. The van der Waals surface area contributed by atoms with E-state index >= 15 is 0 Å². The summed E-state index contributed by atoms with van der Waals surface area (Å²) in [5, 5.41) is 2.65. The van der Waals surface area contributed by atoms with Gasteiger partial charge in [0.25, 0.3) is 0 Å². The van der Waals surface area contributed by atoms with Crippen molar-refractivity contribution in [3.8, 4) is 0 Å². The first kappa shape index (κ1) is 16.0. The molecule has 0 spiro atoms. The Balaban J connectivity index is 1.63. The number of aryl methyl sites for hydroxylation is 1. The lowest BCUT2D eigenvalue weighted by Crippen LogP contribution is -2.45. The molecule has 2 fully saturated rings. The topological polar surface area (TPSA) is 49.4 Å². The molecule has 1 saturated carbocycles. The third-order valence-electron chi connectivity index (χ3n) is 5.73. The van der Waals surface area contributed by atoms with Crippen LogP contribution in [0.3, 0.4) is 0 Å². The van der Waals surface area contributed by atoms with E-state index in [1.54, 1.807) is 0 Å². The van der Waals surface area contributed by atoms with Crippen LogP contribution in [0.25, 0.3) is 0 Å². The first-order valence-corrected chi connectivity index (χ1v) is 8.63. The van der Waals surface area contributed by atoms with Gasteiger partial charge in [0.15, 0.2) is 0 Å². The van der Waals surface area contributed by atoms with Crippen LogP contribution in [0.5, 0.6) is 0 Å². The fourth-order valence-electron chi connectivity index (χ4n) is 4.06. The largest absolute Gasteiger partial charge is 0.358 e. The molecule has 1 aliphatic heterocycles. The third-order valence-corrected chi connectivity index (χ3v) is 5.73. The average molecular weight is 314 g/mol. The number of nitrogens with one attached hydrogen (secondary N) is 1. The van der Waals surface area contributed by atoms with Gasteiger partial charge in [0.2, 0.25) is 12.3 Å². The minimum Gasteiger partial charge on any atom is -0.358 e. The third kappa shape index (κ3) is 2.99. The number of likely N-dealkylation sites (tertiary alicyclic amines) is 1. The zero-order valence-corrected chi connectivity index (χ0v) is 14.0. The maximum Gasteiger partial charge on any atom is 0.227 e. The van der Waals surface area contributed by atoms with E-state index in [9.17, 15) is 9.59 Å².